The van der Waals surface area contributed by atoms with Gasteiger partial charge in [-0.05, 0) is 37.3 Å². The highest BCUT2D eigenvalue weighted by Crippen LogP contribution is 2.32. The molecule has 2 aromatic carbocycles. The minimum absolute atomic E-state index is 0.135. The van der Waals surface area contributed by atoms with Crippen molar-refractivity contribution < 1.29 is 9.53 Å². The molecule has 3 heteroatoms. The summed E-state index contributed by atoms with van der Waals surface area (Å²) >= 11 is 0. The first-order valence-electron chi connectivity index (χ1n) is 9.55. The summed E-state index contributed by atoms with van der Waals surface area (Å²) in [6.45, 7) is 1.20. The van der Waals surface area contributed by atoms with Crippen molar-refractivity contribution in [1.29, 1.82) is 0 Å². The van der Waals surface area contributed by atoms with Crippen molar-refractivity contribution >= 4 is 5.91 Å². The van der Waals surface area contributed by atoms with Crippen molar-refractivity contribution in [1.82, 2.24) is 4.90 Å². The van der Waals surface area contributed by atoms with Crippen LogP contribution in [-0.2, 0) is 11.3 Å². The van der Waals surface area contributed by atoms with Gasteiger partial charge in [0.25, 0.3) is 0 Å². The third kappa shape index (κ3) is 3.82. The number of para-hydroxylation sites is 1. The first-order chi connectivity index (χ1) is 12.8. The van der Waals surface area contributed by atoms with Crippen LogP contribution in [0.5, 0.6) is 5.75 Å². The van der Waals surface area contributed by atoms with Crippen LogP contribution in [0.2, 0.25) is 0 Å². The van der Waals surface area contributed by atoms with Crippen LogP contribution in [0, 0.1) is 0 Å². The third-order valence-corrected chi connectivity index (χ3v) is 5.28. The number of allylic oxidation sites excluding steroid dienone is 1. The number of hydrogen-bond acceptors (Lipinski definition) is 2. The number of hydrogen-bond donors (Lipinski definition) is 0. The van der Waals surface area contributed by atoms with Crippen LogP contribution in [0.15, 0.2) is 66.2 Å². The summed E-state index contributed by atoms with van der Waals surface area (Å²) in [5.41, 5.74) is 3.49. The molecule has 2 aromatic rings. The molecule has 0 radical (unpaired) electrons. The molecule has 0 saturated carbocycles. The predicted molar refractivity (Wildman–Crippen MR) is 103 cm³/mol. The molecule has 0 fully saturated rings. The predicted octanol–water partition coefficient (Wildman–Crippen LogP) is 5.04. The van der Waals surface area contributed by atoms with Crippen molar-refractivity contribution in [3.8, 4) is 5.75 Å². The van der Waals surface area contributed by atoms with Crippen LogP contribution in [0.1, 0.15) is 49.3 Å². The first-order valence-corrected chi connectivity index (χ1v) is 9.55. The minimum Gasteiger partial charge on any atom is -0.484 e. The zero-order valence-electron chi connectivity index (χ0n) is 15.1. The lowest BCUT2D eigenvalue weighted by molar-refractivity contribution is -0.132. The van der Waals surface area contributed by atoms with E-state index in [9.17, 15) is 4.79 Å². The molecule has 1 unspecified atom stereocenters. The molecule has 1 aliphatic heterocycles. The molecule has 0 bridgehead atoms. The second kappa shape index (κ2) is 7.77. The monoisotopic (exact) mass is 347 g/mol. The van der Waals surface area contributed by atoms with E-state index in [1.165, 1.54) is 18.4 Å². The van der Waals surface area contributed by atoms with Crippen molar-refractivity contribution in [3.05, 3.63) is 77.4 Å². The summed E-state index contributed by atoms with van der Waals surface area (Å²) in [4.78, 5) is 15.0. The fourth-order valence-corrected chi connectivity index (χ4v) is 3.81. The van der Waals surface area contributed by atoms with Gasteiger partial charge in [-0.3, -0.25) is 4.79 Å². The smallest absolute Gasteiger partial charge is 0.227 e. The van der Waals surface area contributed by atoms with E-state index in [4.69, 9.17) is 4.74 Å². The van der Waals surface area contributed by atoms with Gasteiger partial charge < -0.3 is 9.64 Å². The lowest BCUT2D eigenvalue weighted by atomic mass is 9.96. The molecular weight excluding hydrogens is 322 g/mol. The van der Waals surface area contributed by atoms with Crippen LogP contribution >= 0.6 is 0 Å². The lowest BCUT2D eigenvalue weighted by Gasteiger charge is -2.25. The Morgan fingerprint density at radius 1 is 1.04 bits per heavy atom. The average Bonchev–Trinajstić information content (AvgIpc) is 2.89. The zero-order valence-corrected chi connectivity index (χ0v) is 15.1. The number of carbonyl (C=O) groups excluding carboxylic acids is 1. The molecule has 2 aliphatic rings. The number of ether oxygens (including phenoxy) is 1. The normalized spacial score (nSPS) is 19.8. The summed E-state index contributed by atoms with van der Waals surface area (Å²) in [6.07, 6.45) is 7.30. The van der Waals surface area contributed by atoms with E-state index < -0.39 is 0 Å². The minimum atomic E-state index is -0.135. The fourth-order valence-electron chi connectivity index (χ4n) is 3.81. The van der Waals surface area contributed by atoms with Crippen molar-refractivity contribution in [2.75, 3.05) is 6.54 Å². The summed E-state index contributed by atoms with van der Waals surface area (Å²) in [5.74, 6) is 1.09. The molecule has 134 valence electrons. The van der Waals surface area contributed by atoms with Crippen LogP contribution in [0.25, 0.3) is 0 Å². The van der Waals surface area contributed by atoms with E-state index >= 15 is 0 Å². The molecule has 3 nitrogen and oxygen atoms in total. The molecule has 1 aliphatic carbocycles. The molecule has 0 spiro atoms. The zero-order chi connectivity index (χ0) is 17.8. The molecule has 1 amide bonds. The standard InChI is InChI=1S/C23H25NO2/c25-23(15-18-9-3-1-4-10-18)24-16-20-13-7-8-14-21(20)26-22(17-24)19-11-5-2-6-12-19/h2,5-9,11-14,22H,1,3-4,10,15-17H2. The number of amides is 1. The topological polar surface area (TPSA) is 29.5 Å². The summed E-state index contributed by atoms with van der Waals surface area (Å²) in [6, 6.07) is 18.3. The maximum atomic E-state index is 13.0. The number of fused-ring (bicyclic) bond motifs is 1. The van der Waals surface area contributed by atoms with E-state index in [-0.39, 0.29) is 12.0 Å². The van der Waals surface area contributed by atoms with E-state index in [0.717, 1.165) is 29.7 Å². The number of carbonyl (C=O) groups is 1. The average molecular weight is 347 g/mol. The Bertz CT molecular complexity index is 797. The van der Waals surface area contributed by atoms with Crippen LogP contribution in [-0.4, -0.2) is 17.4 Å². The van der Waals surface area contributed by atoms with Gasteiger partial charge in [-0.25, -0.2) is 0 Å². The van der Waals surface area contributed by atoms with Gasteiger partial charge in [-0.1, -0.05) is 60.2 Å². The van der Waals surface area contributed by atoms with Crippen LogP contribution < -0.4 is 4.74 Å². The Morgan fingerprint density at radius 2 is 1.85 bits per heavy atom. The molecule has 4 rings (SSSR count). The van der Waals surface area contributed by atoms with Gasteiger partial charge in [-0.2, -0.15) is 0 Å². The van der Waals surface area contributed by atoms with Gasteiger partial charge >= 0.3 is 0 Å². The summed E-state index contributed by atoms with van der Waals surface area (Å²) < 4.78 is 6.30. The van der Waals surface area contributed by atoms with E-state index in [1.807, 2.05) is 41.3 Å². The molecule has 0 N–H and O–H groups in total. The summed E-state index contributed by atoms with van der Waals surface area (Å²) in [5, 5.41) is 0. The number of rotatable bonds is 3. The SMILES string of the molecule is O=C(CC1=CCCCC1)N1Cc2ccccc2OC(c2ccccc2)C1. The molecular formula is C23H25NO2. The van der Waals surface area contributed by atoms with Crippen LogP contribution in [0.3, 0.4) is 0 Å². The van der Waals surface area contributed by atoms with E-state index in [1.54, 1.807) is 0 Å². The van der Waals surface area contributed by atoms with Crippen molar-refractivity contribution in [2.45, 2.75) is 44.8 Å². The highest BCUT2D eigenvalue weighted by Gasteiger charge is 2.27. The molecule has 0 saturated heterocycles. The highest BCUT2D eigenvalue weighted by atomic mass is 16.5. The maximum absolute atomic E-state index is 13.0. The Hall–Kier alpha value is -2.55. The van der Waals surface area contributed by atoms with Gasteiger partial charge in [0.2, 0.25) is 5.91 Å². The highest BCUT2D eigenvalue weighted by molar-refractivity contribution is 5.79. The van der Waals surface area contributed by atoms with Gasteiger partial charge in [0.05, 0.1) is 6.54 Å². The Kier molecular flexibility index (Phi) is 5.05. The number of benzene rings is 2. The first kappa shape index (κ1) is 16.9. The molecule has 26 heavy (non-hydrogen) atoms. The van der Waals surface area contributed by atoms with Gasteiger partial charge in [0.1, 0.15) is 11.9 Å². The van der Waals surface area contributed by atoms with Gasteiger partial charge in [0, 0.05) is 18.5 Å². The second-order valence-electron chi connectivity index (χ2n) is 7.18. The fraction of sp³-hybridized carbons (Fsp3) is 0.348. The molecule has 1 atom stereocenters. The number of nitrogens with zero attached hydrogens (tertiary/aromatic N) is 1. The largest absolute Gasteiger partial charge is 0.484 e. The lowest BCUT2D eigenvalue weighted by Crippen LogP contribution is -2.34. The van der Waals surface area contributed by atoms with Gasteiger partial charge in [0.15, 0.2) is 0 Å². The molecule has 1 heterocycles. The van der Waals surface area contributed by atoms with E-state index in [0.29, 0.717) is 19.5 Å². The third-order valence-electron chi connectivity index (χ3n) is 5.28. The van der Waals surface area contributed by atoms with Crippen molar-refractivity contribution in [2.24, 2.45) is 0 Å². The van der Waals surface area contributed by atoms with Crippen molar-refractivity contribution in [3.63, 3.8) is 0 Å². The van der Waals surface area contributed by atoms with Gasteiger partial charge in [-0.15, -0.1) is 0 Å². The van der Waals surface area contributed by atoms with E-state index in [2.05, 4.69) is 24.3 Å². The van der Waals surface area contributed by atoms with Crippen LogP contribution in [0.4, 0.5) is 0 Å². The Labute approximate surface area is 155 Å². The second-order valence-corrected chi connectivity index (χ2v) is 7.18. The quantitative estimate of drug-likeness (QED) is 0.728. The summed E-state index contributed by atoms with van der Waals surface area (Å²) in [7, 11) is 0. The Morgan fingerprint density at radius 3 is 2.65 bits per heavy atom. The maximum Gasteiger partial charge on any atom is 0.227 e. The Balaban J connectivity index is 1.59. The molecule has 0 aromatic heterocycles.